The monoisotopic (exact) mass is 335 g/mol. The summed E-state index contributed by atoms with van der Waals surface area (Å²) in [6.07, 6.45) is 1.52. The average Bonchev–Trinajstić information content (AvgIpc) is 2.56. The summed E-state index contributed by atoms with van der Waals surface area (Å²) in [4.78, 5) is 26.2. The molecule has 1 heterocycles. The molecule has 24 heavy (non-hydrogen) atoms. The second-order valence-electron chi connectivity index (χ2n) is 6.82. The highest BCUT2D eigenvalue weighted by atomic mass is 19.1. The van der Waals surface area contributed by atoms with E-state index in [1.54, 1.807) is 24.0 Å². The molecule has 0 bridgehead atoms. The molecule has 132 valence electrons. The van der Waals surface area contributed by atoms with Crippen molar-refractivity contribution in [3.8, 4) is 0 Å². The Balaban J connectivity index is 1.92. The molecule has 0 unspecified atom stereocenters. The molecule has 0 radical (unpaired) electrons. The van der Waals surface area contributed by atoms with Gasteiger partial charge in [-0.05, 0) is 43.4 Å². The summed E-state index contributed by atoms with van der Waals surface area (Å²) in [5, 5.41) is 5.63. The highest BCUT2D eigenvalue weighted by Crippen LogP contribution is 2.20. The van der Waals surface area contributed by atoms with Crippen LogP contribution >= 0.6 is 0 Å². The van der Waals surface area contributed by atoms with Crippen LogP contribution in [0.2, 0.25) is 0 Å². The molecular weight excluding hydrogens is 309 g/mol. The molecule has 3 amide bonds. The molecule has 1 aromatic rings. The van der Waals surface area contributed by atoms with E-state index in [4.69, 9.17) is 0 Å². The second-order valence-corrected chi connectivity index (χ2v) is 6.82. The Kier molecular flexibility index (Phi) is 6.17. The summed E-state index contributed by atoms with van der Waals surface area (Å²) >= 11 is 0. The van der Waals surface area contributed by atoms with Crippen LogP contribution < -0.4 is 10.6 Å². The number of carbonyl (C=O) groups excluding carboxylic acids is 2. The second kappa shape index (κ2) is 8.13. The SMILES string of the molecule is Cc1ccc(NC(=O)[C@H]2CCCN(C(=O)NCC(C)C)C2)cc1F. The number of carbonyl (C=O) groups is 2. The number of nitrogens with zero attached hydrogens (tertiary/aromatic N) is 1. The number of urea groups is 1. The van der Waals surface area contributed by atoms with E-state index in [0.29, 0.717) is 36.8 Å². The van der Waals surface area contributed by atoms with Crippen LogP contribution in [0, 0.1) is 24.6 Å². The number of halogens is 1. The molecule has 1 aliphatic heterocycles. The number of likely N-dealkylation sites (tertiary alicyclic amines) is 1. The van der Waals surface area contributed by atoms with Gasteiger partial charge in [0, 0.05) is 25.3 Å². The zero-order valence-electron chi connectivity index (χ0n) is 14.6. The molecule has 6 heteroatoms. The molecule has 1 aliphatic rings. The first-order valence-corrected chi connectivity index (χ1v) is 8.46. The maximum Gasteiger partial charge on any atom is 0.317 e. The molecular formula is C18H26FN3O2. The van der Waals surface area contributed by atoms with Crippen molar-refractivity contribution in [2.45, 2.75) is 33.6 Å². The van der Waals surface area contributed by atoms with Gasteiger partial charge in [0.25, 0.3) is 0 Å². The number of rotatable bonds is 4. The first kappa shape index (κ1) is 18.2. The lowest BCUT2D eigenvalue weighted by Crippen LogP contribution is -2.48. The zero-order valence-corrected chi connectivity index (χ0v) is 14.6. The number of anilines is 1. The van der Waals surface area contributed by atoms with Crippen LogP contribution in [0.15, 0.2) is 18.2 Å². The van der Waals surface area contributed by atoms with Crippen LogP contribution in [0.1, 0.15) is 32.3 Å². The molecule has 0 aliphatic carbocycles. The van der Waals surface area contributed by atoms with Crippen molar-refractivity contribution >= 4 is 17.6 Å². The molecule has 2 N–H and O–H groups in total. The Morgan fingerprint density at radius 2 is 2.12 bits per heavy atom. The maximum absolute atomic E-state index is 13.6. The third kappa shape index (κ3) is 4.94. The van der Waals surface area contributed by atoms with Crippen molar-refractivity contribution in [2.24, 2.45) is 11.8 Å². The molecule has 1 fully saturated rings. The van der Waals surface area contributed by atoms with Crippen molar-refractivity contribution in [3.63, 3.8) is 0 Å². The zero-order chi connectivity index (χ0) is 17.7. The molecule has 1 aromatic carbocycles. The first-order valence-electron chi connectivity index (χ1n) is 8.46. The fourth-order valence-electron chi connectivity index (χ4n) is 2.69. The molecule has 1 saturated heterocycles. The van der Waals surface area contributed by atoms with Crippen molar-refractivity contribution in [3.05, 3.63) is 29.6 Å². The van der Waals surface area contributed by atoms with Crippen LogP contribution in [0.3, 0.4) is 0 Å². The van der Waals surface area contributed by atoms with Crippen LogP contribution in [0.4, 0.5) is 14.9 Å². The Bertz CT molecular complexity index is 604. The smallest absolute Gasteiger partial charge is 0.317 e. The standard InChI is InChI=1S/C18H26FN3O2/c1-12(2)10-20-18(24)22-8-4-5-14(11-22)17(23)21-15-7-6-13(3)16(19)9-15/h6-7,9,12,14H,4-5,8,10-11H2,1-3H3,(H,20,24)(H,21,23)/t14-/m0/s1. The molecule has 0 spiro atoms. The fourth-order valence-corrected chi connectivity index (χ4v) is 2.69. The van der Waals surface area contributed by atoms with Gasteiger partial charge in [-0.1, -0.05) is 19.9 Å². The summed E-state index contributed by atoms with van der Waals surface area (Å²) in [7, 11) is 0. The highest BCUT2D eigenvalue weighted by molar-refractivity contribution is 5.93. The number of amides is 3. The van der Waals surface area contributed by atoms with E-state index < -0.39 is 0 Å². The summed E-state index contributed by atoms with van der Waals surface area (Å²) in [6.45, 7) is 7.42. The highest BCUT2D eigenvalue weighted by Gasteiger charge is 2.28. The van der Waals surface area contributed by atoms with Crippen molar-refractivity contribution in [1.29, 1.82) is 0 Å². The lowest BCUT2D eigenvalue weighted by atomic mass is 9.97. The van der Waals surface area contributed by atoms with Gasteiger partial charge in [0.15, 0.2) is 0 Å². The fraction of sp³-hybridized carbons (Fsp3) is 0.556. The van der Waals surface area contributed by atoms with Crippen LogP contribution in [0.25, 0.3) is 0 Å². The number of hydrogen-bond donors (Lipinski definition) is 2. The van der Waals surface area contributed by atoms with Gasteiger partial charge in [-0.3, -0.25) is 4.79 Å². The molecule has 5 nitrogen and oxygen atoms in total. The quantitative estimate of drug-likeness (QED) is 0.888. The Labute approximate surface area is 142 Å². The minimum absolute atomic E-state index is 0.123. The average molecular weight is 335 g/mol. The van der Waals surface area contributed by atoms with Crippen LogP contribution in [-0.4, -0.2) is 36.5 Å². The predicted octanol–water partition coefficient (Wildman–Crippen LogP) is 3.15. The largest absolute Gasteiger partial charge is 0.338 e. The van der Waals surface area contributed by atoms with Crippen LogP contribution in [0.5, 0.6) is 0 Å². The van der Waals surface area contributed by atoms with Gasteiger partial charge in [0.05, 0.1) is 5.92 Å². The molecule has 1 atom stereocenters. The number of piperidine rings is 1. The van der Waals surface area contributed by atoms with Crippen molar-refractivity contribution in [1.82, 2.24) is 10.2 Å². The molecule has 2 rings (SSSR count). The number of nitrogens with one attached hydrogen (secondary N) is 2. The van der Waals surface area contributed by atoms with E-state index in [2.05, 4.69) is 10.6 Å². The van der Waals surface area contributed by atoms with E-state index in [0.717, 1.165) is 12.8 Å². The van der Waals surface area contributed by atoms with Gasteiger partial charge in [-0.2, -0.15) is 0 Å². The van der Waals surface area contributed by atoms with Crippen molar-refractivity contribution < 1.29 is 14.0 Å². The van der Waals surface area contributed by atoms with Crippen LogP contribution in [-0.2, 0) is 4.79 Å². The van der Waals surface area contributed by atoms with Gasteiger partial charge in [0.2, 0.25) is 5.91 Å². The summed E-state index contributed by atoms with van der Waals surface area (Å²) in [5.41, 5.74) is 0.989. The van der Waals surface area contributed by atoms with Gasteiger partial charge < -0.3 is 15.5 Å². The number of hydrogen-bond acceptors (Lipinski definition) is 2. The van der Waals surface area contributed by atoms with Crippen molar-refractivity contribution in [2.75, 3.05) is 25.0 Å². The van der Waals surface area contributed by atoms with Gasteiger partial charge in [-0.15, -0.1) is 0 Å². The topological polar surface area (TPSA) is 61.4 Å². The summed E-state index contributed by atoms with van der Waals surface area (Å²) in [6, 6.07) is 4.52. The van der Waals surface area contributed by atoms with E-state index in [-0.39, 0.29) is 23.7 Å². The van der Waals surface area contributed by atoms with E-state index in [1.165, 1.54) is 6.07 Å². The van der Waals surface area contributed by atoms with Gasteiger partial charge >= 0.3 is 6.03 Å². The maximum atomic E-state index is 13.6. The Morgan fingerprint density at radius 1 is 1.38 bits per heavy atom. The Morgan fingerprint density at radius 3 is 2.79 bits per heavy atom. The first-order chi connectivity index (χ1) is 11.4. The third-order valence-corrected chi connectivity index (χ3v) is 4.18. The lowest BCUT2D eigenvalue weighted by molar-refractivity contribution is -0.121. The van der Waals surface area contributed by atoms with E-state index >= 15 is 0 Å². The predicted molar refractivity (Wildman–Crippen MR) is 92.3 cm³/mol. The molecule has 0 saturated carbocycles. The number of benzene rings is 1. The van der Waals surface area contributed by atoms with E-state index in [1.807, 2.05) is 13.8 Å². The Hall–Kier alpha value is -2.11. The molecule has 0 aromatic heterocycles. The summed E-state index contributed by atoms with van der Waals surface area (Å²) in [5.74, 6) is -0.395. The lowest BCUT2D eigenvalue weighted by Gasteiger charge is -2.32. The minimum atomic E-state index is -0.342. The summed E-state index contributed by atoms with van der Waals surface area (Å²) < 4.78 is 13.6. The van der Waals surface area contributed by atoms with E-state index in [9.17, 15) is 14.0 Å². The normalized spacial score (nSPS) is 17.7. The number of aryl methyl sites for hydroxylation is 1. The van der Waals surface area contributed by atoms with Gasteiger partial charge in [0.1, 0.15) is 5.82 Å². The van der Waals surface area contributed by atoms with Gasteiger partial charge in [-0.25, -0.2) is 9.18 Å². The third-order valence-electron chi connectivity index (χ3n) is 4.18. The minimum Gasteiger partial charge on any atom is -0.338 e.